The van der Waals surface area contributed by atoms with E-state index in [0.29, 0.717) is 32.9 Å². The van der Waals surface area contributed by atoms with Crippen molar-refractivity contribution in [1.82, 2.24) is 5.32 Å². The SMILES string of the molecule is CSC/N=C\S(=O)CSCSCSC(=O)NCSCSCSC/N=C\S(=O)CSCSCO. The first-order valence-corrected chi connectivity index (χ1v) is 22.1. The van der Waals surface area contributed by atoms with Crippen LogP contribution in [0.3, 0.4) is 0 Å². The van der Waals surface area contributed by atoms with Crippen molar-refractivity contribution in [2.24, 2.45) is 9.98 Å². The highest BCUT2D eigenvalue weighted by Crippen LogP contribution is 2.20. The first kappa shape index (κ1) is 35.2. The van der Waals surface area contributed by atoms with Gasteiger partial charge in [-0.1, -0.05) is 11.8 Å². The summed E-state index contributed by atoms with van der Waals surface area (Å²) in [7, 11) is -2.08. The van der Waals surface area contributed by atoms with E-state index in [4.69, 9.17) is 5.11 Å². The largest absolute Gasteiger partial charge is 0.386 e. The molecule has 0 fully saturated rings. The van der Waals surface area contributed by atoms with Crippen molar-refractivity contribution in [1.29, 1.82) is 0 Å². The Morgan fingerprint density at radius 3 is 2.06 bits per heavy atom. The predicted molar refractivity (Wildman–Crippen MR) is 172 cm³/mol. The van der Waals surface area contributed by atoms with E-state index in [2.05, 4.69) is 15.3 Å². The zero-order chi connectivity index (χ0) is 24.4. The molecule has 2 unspecified atom stereocenters. The number of nitrogens with zero attached hydrogens (tertiary/aromatic N) is 2. The monoisotopic (exact) mass is 667 g/mol. The molecule has 0 rings (SSSR count). The molecule has 0 heterocycles. The Balaban J connectivity index is 3.40. The van der Waals surface area contributed by atoms with Gasteiger partial charge in [0.2, 0.25) is 0 Å². The fourth-order valence-corrected chi connectivity index (χ4v) is 11.8. The van der Waals surface area contributed by atoms with Crippen LogP contribution in [0.1, 0.15) is 0 Å². The second kappa shape index (κ2) is 28.8. The predicted octanol–water partition coefficient (Wildman–Crippen LogP) is 5.00. The van der Waals surface area contributed by atoms with Crippen LogP contribution in [-0.2, 0) is 21.6 Å². The third-order valence-corrected chi connectivity index (χ3v) is 14.6. The molecule has 7 nitrogen and oxygen atoms in total. The fourth-order valence-electron chi connectivity index (χ4n) is 1.32. The van der Waals surface area contributed by atoms with Crippen LogP contribution in [0, 0.1) is 0 Å². The van der Waals surface area contributed by atoms with Gasteiger partial charge < -0.3 is 10.4 Å². The number of hydrogen-bond acceptors (Lipinski definition) is 15. The van der Waals surface area contributed by atoms with E-state index in [0.717, 1.165) is 20.3 Å². The van der Waals surface area contributed by atoms with Crippen molar-refractivity contribution in [3.63, 3.8) is 0 Å². The topological polar surface area (TPSA) is 108 Å². The summed E-state index contributed by atoms with van der Waals surface area (Å²) in [5, 5.41) is 16.5. The molecule has 0 aromatic carbocycles. The molecule has 1 amide bonds. The lowest BCUT2D eigenvalue weighted by molar-refractivity contribution is 0.262. The lowest BCUT2D eigenvalue weighted by atomic mass is 11.2. The summed E-state index contributed by atoms with van der Waals surface area (Å²) >= 11 is 14.1. The number of amides is 1. The Kier molecular flexibility index (Phi) is 30.7. The Hall–Kier alpha value is 2.22. The molecule has 0 aliphatic carbocycles. The van der Waals surface area contributed by atoms with Crippen molar-refractivity contribution in [3.05, 3.63) is 0 Å². The van der Waals surface area contributed by atoms with Gasteiger partial charge in [-0.2, -0.15) is 0 Å². The molecule has 0 spiro atoms. The molecule has 0 radical (unpaired) electrons. The average molecular weight is 668 g/mol. The van der Waals surface area contributed by atoms with E-state index in [-0.39, 0.29) is 11.2 Å². The molecule has 0 saturated carbocycles. The number of carbonyl (C=O) groups excluding carboxylic acids is 1. The number of hydrogen-bond donors (Lipinski definition) is 2. The Morgan fingerprint density at radius 2 is 1.39 bits per heavy atom. The van der Waals surface area contributed by atoms with Gasteiger partial charge in [0.1, 0.15) is 0 Å². The summed E-state index contributed by atoms with van der Waals surface area (Å²) in [6.07, 6.45) is 1.95. The highest BCUT2D eigenvalue weighted by molar-refractivity contribution is 8.29. The Labute approximate surface area is 240 Å². The molecule has 0 aromatic heterocycles. The zero-order valence-corrected chi connectivity index (χ0v) is 27.0. The van der Waals surface area contributed by atoms with Gasteiger partial charge in [0.25, 0.3) is 5.24 Å². The van der Waals surface area contributed by atoms with Gasteiger partial charge >= 0.3 is 0 Å². The molecule has 0 bridgehead atoms. The molecule has 18 heteroatoms. The van der Waals surface area contributed by atoms with E-state index in [1.54, 1.807) is 70.6 Å². The van der Waals surface area contributed by atoms with Gasteiger partial charge in [0, 0.05) is 25.4 Å². The average Bonchev–Trinajstić information content (AvgIpc) is 2.80. The maximum atomic E-state index is 11.8. The van der Waals surface area contributed by atoms with Crippen LogP contribution in [0.4, 0.5) is 4.79 Å². The van der Waals surface area contributed by atoms with Crippen LogP contribution in [0.25, 0.3) is 0 Å². The minimum Gasteiger partial charge on any atom is -0.386 e. The van der Waals surface area contributed by atoms with Crippen LogP contribution in [-0.4, -0.2) is 95.3 Å². The molecule has 194 valence electrons. The highest BCUT2D eigenvalue weighted by Gasteiger charge is 2.02. The number of rotatable bonds is 23. The smallest absolute Gasteiger partial charge is 0.280 e. The van der Waals surface area contributed by atoms with Gasteiger partial charge in [-0.05, 0) is 6.26 Å². The van der Waals surface area contributed by atoms with E-state index in [9.17, 15) is 13.2 Å². The number of nitrogens with one attached hydrogen (secondary N) is 1. The number of aliphatic hydroxyl groups excluding tert-OH is 1. The van der Waals surface area contributed by atoms with Crippen molar-refractivity contribution in [2.45, 2.75) is 0 Å². The minimum atomic E-state index is -1.06. The normalized spacial score (nSPS) is 13.6. The number of aliphatic hydroxyl groups is 1. The molecule has 2 atom stereocenters. The Morgan fingerprint density at radius 1 is 0.818 bits per heavy atom. The van der Waals surface area contributed by atoms with Crippen LogP contribution in [0.15, 0.2) is 9.98 Å². The summed E-state index contributed by atoms with van der Waals surface area (Å²) in [5.41, 5.74) is 3.00. The molecule has 33 heavy (non-hydrogen) atoms. The maximum Gasteiger partial charge on any atom is 0.280 e. The summed E-state index contributed by atoms with van der Waals surface area (Å²) in [6, 6.07) is 0. The molecular formula is C15H29N3O4S11. The molecular weight excluding hydrogens is 639 g/mol. The van der Waals surface area contributed by atoms with Crippen LogP contribution >= 0.6 is 106 Å². The van der Waals surface area contributed by atoms with Gasteiger partial charge in [-0.15, -0.1) is 94.1 Å². The van der Waals surface area contributed by atoms with E-state index < -0.39 is 21.6 Å². The number of carbonyl (C=O) groups is 1. The molecule has 0 aliphatic heterocycles. The lowest BCUT2D eigenvalue weighted by Crippen LogP contribution is -2.17. The number of aliphatic imine (C=N–C) groups is 2. The van der Waals surface area contributed by atoms with Gasteiger partial charge in [-0.25, -0.2) is 0 Å². The van der Waals surface area contributed by atoms with Crippen molar-refractivity contribution in [3.8, 4) is 0 Å². The van der Waals surface area contributed by atoms with E-state index in [1.807, 2.05) is 6.26 Å². The third-order valence-electron chi connectivity index (χ3n) is 2.50. The standard InChI is InChI=1S/C15H29N3O4S11/c1-23-2-16-5-32(21)14-30-11-28-12-31-15(20)18-4-25-9-27-8-24-3-17-6-33(22)13-29-10-26-7-19/h5-6,19H,2-4,7-14H2,1H3,(H,18,20)/b16-5-,17-6-. The first-order valence-electron chi connectivity index (χ1n) is 8.89. The Bertz CT molecular complexity index is 587. The van der Waals surface area contributed by atoms with Crippen LogP contribution < -0.4 is 5.32 Å². The third kappa shape index (κ3) is 28.6. The first-order chi connectivity index (χ1) is 16.1. The van der Waals surface area contributed by atoms with Gasteiger partial charge in [0.05, 0.1) is 66.4 Å². The summed E-state index contributed by atoms with van der Waals surface area (Å²) < 4.78 is 23.3. The van der Waals surface area contributed by atoms with Crippen molar-refractivity contribution < 1.29 is 18.3 Å². The van der Waals surface area contributed by atoms with E-state index >= 15 is 0 Å². The van der Waals surface area contributed by atoms with Gasteiger partial charge in [0.15, 0.2) is 0 Å². The van der Waals surface area contributed by atoms with Crippen molar-refractivity contribution in [2.75, 3.05) is 65.4 Å². The van der Waals surface area contributed by atoms with Crippen LogP contribution in [0.2, 0.25) is 0 Å². The quantitative estimate of drug-likeness (QED) is 0.0661. The second-order valence-electron chi connectivity index (χ2n) is 5.02. The highest BCUT2D eigenvalue weighted by atomic mass is 32.3. The van der Waals surface area contributed by atoms with Gasteiger partial charge in [-0.3, -0.25) is 23.2 Å². The van der Waals surface area contributed by atoms with E-state index in [1.165, 1.54) is 46.4 Å². The molecule has 0 aromatic rings. The van der Waals surface area contributed by atoms with Crippen molar-refractivity contribution >= 4 is 144 Å². The second-order valence-corrected chi connectivity index (χ2v) is 18.7. The molecule has 0 aliphatic rings. The fraction of sp³-hybridized carbons (Fsp3) is 0.800. The number of thioether (sulfide) groups is 9. The minimum absolute atomic E-state index is 0.0254. The van der Waals surface area contributed by atoms with Crippen LogP contribution in [0.5, 0.6) is 0 Å². The summed E-state index contributed by atoms with van der Waals surface area (Å²) in [4.78, 5) is 20.0. The maximum absolute atomic E-state index is 11.8. The molecule has 0 saturated heterocycles. The summed E-state index contributed by atoms with van der Waals surface area (Å²) in [5.74, 6) is 1.90. The molecule has 2 N–H and O–H groups in total. The lowest BCUT2D eigenvalue weighted by Gasteiger charge is -2.04. The zero-order valence-electron chi connectivity index (χ0n) is 18.0. The summed E-state index contributed by atoms with van der Waals surface area (Å²) in [6.45, 7) is 0.